The quantitative estimate of drug-likeness (QED) is 0.0298. The highest BCUT2D eigenvalue weighted by molar-refractivity contribution is 5.76. The Morgan fingerprint density at radius 3 is 1.39 bits per heavy atom. The van der Waals surface area contributed by atoms with E-state index in [2.05, 4.69) is 43.5 Å². The smallest absolute Gasteiger partial charge is 0.220 e. The van der Waals surface area contributed by atoms with E-state index in [1.165, 1.54) is 83.5 Å². The van der Waals surface area contributed by atoms with Crippen LogP contribution in [0, 0.1) is 0 Å². The van der Waals surface area contributed by atoms with Gasteiger partial charge in [0.25, 0.3) is 0 Å². The molecule has 3 aliphatic rings. The lowest BCUT2D eigenvalue weighted by Gasteiger charge is -2.48. The molecular formula is C56H103NO18. The Balaban J connectivity index is 1.51. The summed E-state index contributed by atoms with van der Waals surface area (Å²) in [7, 11) is 0. The van der Waals surface area contributed by atoms with E-state index in [0.29, 0.717) is 12.8 Å². The average molecular weight is 1080 g/mol. The van der Waals surface area contributed by atoms with Gasteiger partial charge in [-0.2, -0.15) is 0 Å². The van der Waals surface area contributed by atoms with Gasteiger partial charge < -0.3 is 89.9 Å². The summed E-state index contributed by atoms with van der Waals surface area (Å²) in [5.41, 5.74) is 0. The molecule has 17 atom stereocenters. The Hall–Kier alpha value is -1.73. The molecule has 3 aliphatic heterocycles. The minimum Gasteiger partial charge on any atom is -0.394 e. The number of unbranched alkanes of at least 4 members (excludes halogenated alkanes) is 22. The molecule has 0 aromatic heterocycles. The third-order valence-electron chi connectivity index (χ3n) is 14.8. The van der Waals surface area contributed by atoms with E-state index in [0.717, 1.165) is 77.0 Å². The minimum atomic E-state index is -1.97. The molecule has 440 valence electrons. The molecule has 3 heterocycles. The van der Waals surface area contributed by atoms with Crippen LogP contribution in [0.1, 0.15) is 194 Å². The molecule has 17 unspecified atom stereocenters. The maximum Gasteiger partial charge on any atom is 0.220 e. The van der Waals surface area contributed by atoms with Crippen molar-refractivity contribution in [3.05, 3.63) is 24.3 Å². The van der Waals surface area contributed by atoms with E-state index >= 15 is 0 Å². The van der Waals surface area contributed by atoms with Crippen molar-refractivity contribution >= 4 is 5.91 Å². The van der Waals surface area contributed by atoms with Crippen LogP contribution in [0.4, 0.5) is 0 Å². The van der Waals surface area contributed by atoms with Crippen LogP contribution in [0.2, 0.25) is 0 Å². The Morgan fingerprint density at radius 1 is 0.480 bits per heavy atom. The van der Waals surface area contributed by atoms with Crippen molar-refractivity contribution < 1.29 is 89.4 Å². The van der Waals surface area contributed by atoms with Crippen LogP contribution >= 0.6 is 0 Å². The first-order chi connectivity index (χ1) is 36.3. The van der Waals surface area contributed by atoms with Crippen molar-refractivity contribution in [2.24, 2.45) is 0 Å². The van der Waals surface area contributed by atoms with Gasteiger partial charge in [0, 0.05) is 6.42 Å². The highest BCUT2D eigenvalue weighted by Gasteiger charge is 2.53. The average Bonchev–Trinajstić information content (AvgIpc) is 3.41. The van der Waals surface area contributed by atoms with Crippen LogP contribution in [-0.4, -0.2) is 193 Å². The van der Waals surface area contributed by atoms with Gasteiger partial charge in [0.2, 0.25) is 5.91 Å². The number of amides is 1. The first kappa shape index (κ1) is 67.5. The van der Waals surface area contributed by atoms with Crippen LogP contribution in [0.5, 0.6) is 0 Å². The fraction of sp³-hybridized carbons (Fsp3) is 0.911. The number of aliphatic hydroxyl groups excluding tert-OH is 11. The Labute approximate surface area is 448 Å². The molecule has 0 aromatic carbocycles. The maximum atomic E-state index is 13.3. The third-order valence-corrected chi connectivity index (χ3v) is 14.8. The highest BCUT2D eigenvalue weighted by Crippen LogP contribution is 2.33. The van der Waals surface area contributed by atoms with Gasteiger partial charge >= 0.3 is 0 Å². The van der Waals surface area contributed by atoms with Crippen LogP contribution < -0.4 is 5.32 Å². The fourth-order valence-electron chi connectivity index (χ4n) is 9.93. The molecule has 12 N–H and O–H groups in total. The Bertz CT molecular complexity index is 1480. The zero-order valence-corrected chi connectivity index (χ0v) is 45.5. The summed E-state index contributed by atoms with van der Waals surface area (Å²) in [4.78, 5) is 13.3. The van der Waals surface area contributed by atoms with Gasteiger partial charge in [-0.05, 0) is 44.9 Å². The Morgan fingerprint density at radius 2 is 0.880 bits per heavy atom. The first-order valence-corrected chi connectivity index (χ1v) is 29.1. The predicted molar refractivity (Wildman–Crippen MR) is 282 cm³/mol. The molecule has 0 spiro atoms. The Kier molecular flexibility index (Phi) is 36.4. The lowest BCUT2D eigenvalue weighted by molar-refractivity contribution is -0.379. The molecule has 0 bridgehead atoms. The largest absolute Gasteiger partial charge is 0.394 e. The third kappa shape index (κ3) is 25.1. The number of hydrogen-bond acceptors (Lipinski definition) is 18. The molecular weight excluding hydrogens is 975 g/mol. The second-order valence-corrected chi connectivity index (χ2v) is 21.1. The maximum absolute atomic E-state index is 13.3. The number of carbonyl (C=O) groups excluding carboxylic acids is 1. The molecule has 1 amide bonds. The van der Waals surface area contributed by atoms with Gasteiger partial charge in [-0.25, -0.2) is 0 Å². The summed E-state index contributed by atoms with van der Waals surface area (Å²) in [5.74, 6) is -0.252. The van der Waals surface area contributed by atoms with Gasteiger partial charge in [-0.3, -0.25) is 4.79 Å². The van der Waals surface area contributed by atoms with E-state index in [1.54, 1.807) is 0 Å². The van der Waals surface area contributed by atoms with Gasteiger partial charge in [0.05, 0.1) is 38.6 Å². The highest BCUT2D eigenvalue weighted by atomic mass is 16.8. The van der Waals surface area contributed by atoms with Gasteiger partial charge in [-0.15, -0.1) is 0 Å². The normalized spacial score (nSPS) is 31.3. The lowest BCUT2D eigenvalue weighted by atomic mass is 9.96. The van der Waals surface area contributed by atoms with Crippen molar-refractivity contribution in [1.82, 2.24) is 5.32 Å². The van der Waals surface area contributed by atoms with Crippen LogP contribution in [-0.2, 0) is 33.2 Å². The molecule has 0 aliphatic carbocycles. The summed E-state index contributed by atoms with van der Waals surface area (Å²) in [6.07, 6.45) is 12.6. The van der Waals surface area contributed by atoms with Gasteiger partial charge in [0.15, 0.2) is 18.9 Å². The number of hydrogen-bond donors (Lipinski definition) is 12. The number of ether oxygens (including phenoxy) is 6. The summed E-state index contributed by atoms with van der Waals surface area (Å²) in [6, 6.07) is -0.888. The molecule has 19 heteroatoms. The van der Waals surface area contributed by atoms with Crippen LogP contribution in [0.15, 0.2) is 24.3 Å². The number of carbonyl (C=O) groups is 1. The molecule has 0 radical (unpaired) electrons. The van der Waals surface area contributed by atoms with E-state index in [-0.39, 0.29) is 18.9 Å². The summed E-state index contributed by atoms with van der Waals surface area (Å²) in [6.45, 7) is 1.74. The lowest BCUT2D eigenvalue weighted by Crippen LogP contribution is -2.66. The van der Waals surface area contributed by atoms with Gasteiger partial charge in [0.1, 0.15) is 73.2 Å². The monoisotopic (exact) mass is 1080 g/mol. The molecule has 0 saturated carbocycles. The van der Waals surface area contributed by atoms with Crippen molar-refractivity contribution in [3.8, 4) is 0 Å². The molecule has 75 heavy (non-hydrogen) atoms. The van der Waals surface area contributed by atoms with Crippen LogP contribution in [0.3, 0.4) is 0 Å². The van der Waals surface area contributed by atoms with E-state index < -0.39 is 124 Å². The molecule has 3 fully saturated rings. The van der Waals surface area contributed by atoms with Crippen molar-refractivity contribution in [1.29, 1.82) is 0 Å². The molecule has 3 rings (SSSR count). The van der Waals surface area contributed by atoms with Crippen LogP contribution in [0.25, 0.3) is 0 Å². The minimum absolute atomic E-state index is 0.252. The van der Waals surface area contributed by atoms with Gasteiger partial charge in [-0.1, -0.05) is 167 Å². The molecule has 3 saturated heterocycles. The van der Waals surface area contributed by atoms with Crippen molar-refractivity contribution in [2.75, 3.05) is 26.4 Å². The second-order valence-electron chi connectivity index (χ2n) is 21.1. The first-order valence-electron chi connectivity index (χ1n) is 29.1. The zero-order valence-electron chi connectivity index (χ0n) is 45.5. The topological polar surface area (TPSA) is 307 Å². The zero-order chi connectivity index (χ0) is 54.8. The second kappa shape index (κ2) is 40.4. The summed E-state index contributed by atoms with van der Waals surface area (Å²) in [5, 5.41) is 120. The molecule has 19 nitrogen and oxygen atoms in total. The molecule has 0 aromatic rings. The summed E-state index contributed by atoms with van der Waals surface area (Å²) < 4.78 is 34.3. The summed E-state index contributed by atoms with van der Waals surface area (Å²) >= 11 is 0. The number of allylic oxidation sites excluding steroid dienone is 4. The van der Waals surface area contributed by atoms with E-state index in [9.17, 15) is 61.0 Å². The predicted octanol–water partition coefficient (Wildman–Crippen LogP) is 4.37. The van der Waals surface area contributed by atoms with E-state index in [1.807, 2.05) is 0 Å². The van der Waals surface area contributed by atoms with Crippen molar-refractivity contribution in [2.45, 2.75) is 298 Å². The van der Waals surface area contributed by atoms with E-state index in [4.69, 9.17) is 28.4 Å². The fourth-order valence-corrected chi connectivity index (χ4v) is 9.93. The number of rotatable bonds is 42. The number of nitrogens with one attached hydrogen (secondary N) is 1. The number of aliphatic hydroxyl groups is 11. The standard InChI is InChI=1S/C56H103NO18/c1-3-5-7-9-11-13-15-17-18-19-20-22-24-26-28-30-32-34-44(62)57-39(40(61)33-31-29-27-25-23-21-16-14-12-10-8-6-4-2)38-70-54-50(68)47(65)52(42(36-59)72-54)75-56-51(69)48(66)53(43(37-60)73-56)74-55-49(67)46(64)45(63)41(35-58)71-55/h11,13,17-18,39-43,45-56,58-61,63-69H,3-10,12,14-16,19-38H2,1-2H3,(H,57,62)/b13-11-,18-17-. The van der Waals surface area contributed by atoms with Crippen molar-refractivity contribution in [3.63, 3.8) is 0 Å². The SMILES string of the molecule is CCCCC/C=C\C/C=C\CCCCCCCCCC(=O)NC(COC1OC(CO)C(OC2OC(CO)C(OC3OC(CO)C(O)C(O)C3O)C(O)C2O)C(O)C1O)C(O)CCCCCCCCCCCCCCC.